The Bertz CT molecular complexity index is 262. The Kier molecular flexibility index (Phi) is 5.75. The highest BCUT2D eigenvalue weighted by molar-refractivity contribution is 7.98. The first kappa shape index (κ1) is 13.4. The Morgan fingerprint density at radius 2 is 2.19 bits per heavy atom. The van der Waals surface area contributed by atoms with Crippen LogP contribution in [0.2, 0.25) is 0 Å². The zero-order valence-corrected chi connectivity index (χ0v) is 10.00. The van der Waals surface area contributed by atoms with E-state index in [-0.39, 0.29) is 18.2 Å². The van der Waals surface area contributed by atoms with Crippen molar-refractivity contribution in [3.8, 4) is 0 Å². The fourth-order valence-corrected chi connectivity index (χ4v) is 1.88. The van der Waals surface area contributed by atoms with Crippen LogP contribution < -0.4 is 5.14 Å². The number of imide groups is 1. The van der Waals surface area contributed by atoms with Crippen LogP contribution in [-0.2, 0) is 19.1 Å². The molecule has 1 saturated heterocycles. The average Bonchev–Trinajstić information content (AvgIpc) is 2.55. The van der Waals surface area contributed by atoms with Gasteiger partial charge in [0.05, 0.1) is 26.4 Å². The fourth-order valence-electron chi connectivity index (χ4n) is 1.39. The lowest BCUT2D eigenvalue weighted by atomic mass is 10.4. The number of likely N-dealkylation sites (tertiary alicyclic amines) is 1. The average molecular weight is 248 g/mol. The van der Waals surface area contributed by atoms with E-state index < -0.39 is 5.25 Å². The molecule has 1 atom stereocenters. The first-order valence-electron chi connectivity index (χ1n) is 4.97. The molecule has 1 fully saturated rings. The van der Waals surface area contributed by atoms with Crippen molar-refractivity contribution in [2.45, 2.75) is 11.7 Å². The fraction of sp³-hybridized carbons (Fsp3) is 0.778. The van der Waals surface area contributed by atoms with Gasteiger partial charge < -0.3 is 9.47 Å². The van der Waals surface area contributed by atoms with E-state index in [9.17, 15) is 9.59 Å². The maximum absolute atomic E-state index is 11.6. The van der Waals surface area contributed by atoms with E-state index in [1.165, 1.54) is 4.90 Å². The lowest BCUT2D eigenvalue weighted by Crippen LogP contribution is -2.34. The zero-order valence-electron chi connectivity index (χ0n) is 9.18. The van der Waals surface area contributed by atoms with E-state index in [0.717, 1.165) is 11.9 Å². The van der Waals surface area contributed by atoms with Gasteiger partial charge in [0, 0.05) is 13.5 Å². The minimum absolute atomic E-state index is 0.178. The Morgan fingerprint density at radius 1 is 1.44 bits per heavy atom. The minimum Gasteiger partial charge on any atom is -0.382 e. The molecule has 0 spiro atoms. The third-order valence-corrected chi connectivity index (χ3v) is 2.95. The number of amides is 2. The second kappa shape index (κ2) is 6.85. The molecule has 1 heterocycles. The molecule has 0 saturated carbocycles. The summed E-state index contributed by atoms with van der Waals surface area (Å²) < 4.78 is 9.99. The van der Waals surface area contributed by atoms with Gasteiger partial charge in [-0.2, -0.15) is 0 Å². The quantitative estimate of drug-likeness (QED) is 0.367. The smallest absolute Gasteiger partial charge is 0.244 e. The Labute approximate surface area is 98.6 Å². The molecule has 0 aromatic carbocycles. The van der Waals surface area contributed by atoms with E-state index in [1.807, 2.05) is 0 Å². The van der Waals surface area contributed by atoms with Crippen LogP contribution >= 0.6 is 11.9 Å². The number of hydrogen-bond donors (Lipinski definition) is 1. The van der Waals surface area contributed by atoms with Gasteiger partial charge in [0.2, 0.25) is 11.8 Å². The molecule has 6 nitrogen and oxygen atoms in total. The summed E-state index contributed by atoms with van der Waals surface area (Å²) in [5, 5.41) is 4.89. The van der Waals surface area contributed by atoms with Gasteiger partial charge in [0.15, 0.2) is 0 Å². The molecule has 0 bridgehead atoms. The lowest BCUT2D eigenvalue weighted by Gasteiger charge is -2.14. The molecule has 2 amide bonds. The molecule has 1 aliphatic rings. The van der Waals surface area contributed by atoms with Crippen LogP contribution in [0.3, 0.4) is 0 Å². The van der Waals surface area contributed by atoms with E-state index in [4.69, 9.17) is 14.6 Å². The maximum Gasteiger partial charge on any atom is 0.244 e. The number of rotatable bonds is 7. The van der Waals surface area contributed by atoms with Gasteiger partial charge in [0.25, 0.3) is 0 Å². The SMILES string of the molecule is COCCOCCN1C(=O)CC(SN)C1=O. The standard InChI is InChI=1S/C9H16N2O4S/c1-14-4-5-15-3-2-11-8(12)6-7(16-10)9(11)13/h7H,2-6,10H2,1H3. The van der Waals surface area contributed by atoms with Crippen LogP contribution in [0.5, 0.6) is 0 Å². The molecule has 0 aromatic rings. The normalized spacial score (nSPS) is 20.9. The Morgan fingerprint density at radius 3 is 2.75 bits per heavy atom. The summed E-state index contributed by atoms with van der Waals surface area (Å²) in [6.45, 7) is 1.59. The summed E-state index contributed by atoms with van der Waals surface area (Å²) >= 11 is 0.922. The van der Waals surface area contributed by atoms with E-state index >= 15 is 0 Å². The van der Waals surface area contributed by atoms with E-state index in [2.05, 4.69) is 0 Å². The Balaban J connectivity index is 2.26. The molecule has 92 valence electrons. The number of methoxy groups -OCH3 is 1. The molecule has 1 rings (SSSR count). The third-order valence-electron chi connectivity index (χ3n) is 2.26. The van der Waals surface area contributed by atoms with Crippen molar-refractivity contribution in [2.24, 2.45) is 5.14 Å². The molecular weight excluding hydrogens is 232 g/mol. The number of carbonyl (C=O) groups is 2. The van der Waals surface area contributed by atoms with Gasteiger partial charge in [0.1, 0.15) is 5.25 Å². The van der Waals surface area contributed by atoms with Crippen molar-refractivity contribution in [2.75, 3.05) is 33.5 Å². The van der Waals surface area contributed by atoms with Crippen LogP contribution in [0.4, 0.5) is 0 Å². The zero-order chi connectivity index (χ0) is 12.0. The predicted octanol–water partition coefficient (Wildman–Crippen LogP) is -0.616. The molecule has 7 heteroatoms. The van der Waals surface area contributed by atoms with Gasteiger partial charge >= 0.3 is 0 Å². The largest absolute Gasteiger partial charge is 0.382 e. The summed E-state index contributed by atoms with van der Waals surface area (Å²) in [6.07, 6.45) is 0.193. The first-order chi connectivity index (χ1) is 7.70. The van der Waals surface area contributed by atoms with Gasteiger partial charge in [-0.15, -0.1) is 0 Å². The molecule has 1 aliphatic heterocycles. The van der Waals surface area contributed by atoms with Crippen molar-refractivity contribution in [3.05, 3.63) is 0 Å². The van der Waals surface area contributed by atoms with Crippen molar-refractivity contribution >= 4 is 23.8 Å². The topological polar surface area (TPSA) is 81.9 Å². The number of nitrogens with zero attached hydrogens (tertiary/aromatic N) is 1. The lowest BCUT2D eigenvalue weighted by molar-refractivity contribution is -0.139. The summed E-state index contributed by atoms with van der Waals surface area (Å²) in [7, 11) is 1.58. The summed E-state index contributed by atoms with van der Waals surface area (Å²) in [6, 6.07) is 0. The first-order valence-corrected chi connectivity index (χ1v) is 5.91. The Hall–Kier alpha value is -0.630. The van der Waals surface area contributed by atoms with Gasteiger partial charge in [-0.25, -0.2) is 0 Å². The highest BCUT2D eigenvalue weighted by Gasteiger charge is 2.37. The predicted molar refractivity (Wildman–Crippen MR) is 59.6 cm³/mol. The molecule has 16 heavy (non-hydrogen) atoms. The summed E-state index contributed by atoms with van der Waals surface area (Å²) in [5.41, 5.74) is 0. The maximum atomic E-state index is 11.6. The molecule has 1 unspecified atom stereocenters. The second-order valence-electron chi connectivity index (χ2n) is 3.32. The van der Waals surface area contributed by atoms with Gasteiger partial charge in [-0.05, 0) is 0 Å². The van der Waals surface area contributed by atoms with E-state index in [1.54, 1.807) is 7.11 Å². The molecular formula is C9H16N2O4S. The van der Waals surface area contributed by atoms with Crippen LogP contribution in [0.15, 0.2) is 0 Å². The van der Waals surface area contributed by atoms with Crippen LogP contribution in [0.1, 0.15) is 6.42 Å². The molecule has 0 radical (unpaired) electrons. The van der Waals surface area contributed by atoms with Crippen LogP contribution in [0, 0.1) is 0 Å². The van der Waals surface area contributed by atoms with Crippen LogP contribution in [0.25, 0.3) is 0 Å². The highest BCUT2D eigenvalue weighted by Crippen LogP contribution is 2.20. The minimum atomic E-state index is -0.425. The molecule has 2 N–H and O–H groups in total. The van der Waals surface area contributed by atoms with Crippen molar-refractivity contribution in [1.29, 1.82) is 0 Å². The van der Waals surface area contributed by atoms with Crippen molar-refractivity contribution in [3.63, 3.8) is 0 Å². The van der Waals surface area contributed by atoms with Crippen LogP contribution in [-0.4, -0.2) is 55.4 Å². The number of hydrogen-bond acceptors (Lipinski definition) is 6. The molecule has 0 aliphatic carbocycles. The number of carbonyl (C=O) groups excluding carboxylic acids is 2. The van der Waals surface area contributed by atoms with Gasteiger partial charge in [-0.1, -0.05) is 11.9 Å². The van der Waals surface area contributed by atoms with Gasteiger partial charge in [-0.3, -0.25) is 19.6 Å². The van der Waals surface area contributed by atoms with Crippen molar-refractivity contribution in [1.82, 2.24) is 4.90 Å². The highest BCUT2D eigenvalue weighted by atomic mass is 32.2. The third kappa shape index (κ3) is 3.44. The van der Waals surface area contributed by atoms with E-state index in [0.29, 0.717) is 26.4 Å². The van der Waals surface area contributed by atoms with Crippen molar-refractivity contribution < 1.29 is 19.1 Å². The summed E-state index contributed by atoms with van der Waals surface area (Å²) in [5.74, 6) is -0.392. The summed E-state index contributed by atoms with van der Waals surface area (Å²) in [4.78, 5) is 24.2. The number of nitrogens with two attached hydrogens (primary N) is 1. The number of ether oxygens (including phenoxy) is 2. The molecule has 0 aromatic heterocycles. The second-order valence-corrected chi connectivity index (χ2v) is 4.16. The monoisotopic (exact) mass is 248 g/mol.